The van der Waals surface area contributed by atoms with Gasteiger partial charge in [0.15, 0.2) is 5.16 Å². The van der Waals surface area contributed by atoms with Gasteiger partial charge in [-0.1, -0.05) is 53.7 Å². The Hall–Kier alpha value is -3.30. The molecule has 0 bridgehead atoms. The van der Waals surface area contributed by atoms with Crippen molar-refractivity contribution in [3.8, 4) is 5.69 Å². The molecule has 0 spiro atoms. The molecular formula is C23H15ClF3N3O2S. The molecule has 0 radical (unpaired) electrons. The normalized spacial score (nSPS) is 11.5. The summed E-state index contributed by atoms with van der Waals surface area (Å²) >= 11 is 6.63. The maximum absolute atomic E-state index is 13.3. The number of hydrogen-bond donors (Lipinski definition) is 1. The highest BCUT2D eigenvalue weighted by molar-refractivity contribution is 7.99. The number of benzene rings is 3. The number of amides is 1. The number of anilines is 1. The Morgan fingerprint density at radius 2 is 1.73 bits per heavy atom. The summed E-state index contributed by atoms with van der Waals surface area (Å²) in [5, 5.41) is 2.83. The van der Waals surface area contributed by atoms with Gasteiger partial charge < -0.3 is 5.32 Å². The molecule has 0 saturated heterocycles. The van der Waals surface area contributed by atoms with Crippen molar-refractivity contribution in [1.82, 2.24) is 9.55 Å². The van der Waals surface area contributed by atoms with Crippen LogP contribution in [0, 0.1) is 0 Å². The van der Waals surface area contributed by atoms with Crippen molar-refractivity contribution in [2.24, 2.45) is 0 Å². The molecule has 0 atom stereocenters. The lowest BCUT2D eigenvalue weighted by atomic mass is 10.1. The Balaban J connectivity index is 1.64. The number of hydrogen-bond acceptors (Lipinski definition) is 4. The van der Waals surface area contributed by atoms with Gasteiger partial charge >= 0.3 is 6.18 Å². The van der Waals surface area contributed by atoms with Gasteiger partial charge in [-0.15, -0.1) is 0 Å². The number of halogens is 4. The van der Waals surface area contributed by atoms with E-state index in [1.54, 1.807) is 54.6 Å². The second-order valence-electron chi connectivity index (χ2n) is 6.91. The van der Waals surface area contributed by atoms with Gasteiger partial charge in [0.05, 0.1) is 33.6 Å². The average molecular weight is 490 g/mol. The molecule has 0 saturated carbocycles. The zero-order chi connectivity index (χ0) is 23.6. The third-order valence-corrected chi connectivity index (χ3v) is 5.83. The molecular weight excluding hydrogens is 475 g/mol. The van der Waals surface area contributed by atoms with E-state index in [2.05, 4.69) is 10.3 Å². The van der Waals surface area contributed by atoms with Crippen molar-refractivity contribution >= 4 is 45.9 Å². The van der Waals surface area contributed by atoms with E-state index in [0.717, 1.165) is 23.9 Å². The van der Waals surface area contributed by atoms with Crippen LogP contribution in [0.5, 0.6) is 0 Å². The quantitative estimate of drug-likeness (QED) is 0.285. The largest absolute Gasteiger partial charge is 0.418 e. The van der Waals surface area contributed by atoms with E-state index >= 15 is 0 Å². The first-order valence-electron chi connectivity index (χ1n) is 9.60. The number of carbonyl (C=O) groups is 1. The van der Waals surface area contributed by atoms with Crippen LogP contribution in [-0.4, -0.2) is 21.2 Å². The SMILES string of the molecule is O=C(CSc1nc2ccccc2c(=O)n1-c1ccccc1)Nc1ccc(Cl)cc1C(F)(F)F. The fraction of sp³-hybridized carbons (Fsp3) is 0.0870. The molecule has 0 aliphatic carbocycles. The van der Waals surface area contributed by atoms with Gasteiger partial charge in [0, 0.05) is 5.02 Å². The van der Waals surface area contributed by atoms with Gasteiger partial charge in [-0.25, -0.2) is 4.98 Å². The van der Waals surface area contributed by atoms with E-state index in [4.69, 9.17) is 11.6 Å². The van der Waals surface area contributed by atoms with Crippen LogP contribution < -0.4 is 10.9 Å². The first-order valence-corrected chi connectivity index (χ1v) is 11.0. The molecule has 10 heteroatoms. The van der Waals surface area contributed by atoms with Crippen molar-refractivity contribution in [3.63, 3.8) is 0 Å². The monoisotopic (exact) mass is 489 g/mol. The van der Waals surface area contributed by atoms with Gasteiger partial charge in [0.25, 0.3) is 5.56 Å². The molecule has 0 unspecified atom stereocenters. The third-order valence-electron chi connectivity index (χ3n) is 4.65. The molecule has 1 heterocycles. The summed E-state index contributed by atoms with van der Waals surface area (Å²) in [6.07, 6.45) is -4.69. The Bertz CT molecular complexity index is 1390. The van der Waals surface area contributed by atoms with Crippen LogP contribution in [-0.2, 0) is 11.0 Å². The first-order chi connectivity index (χ1) is 15.7. The minimum Gasteiger partial charge on any atom is -0.325 e. The third kappa shape index (κ3) is 5.04. The van der Waals surface area contributed by atoms with Crippen LogP contribution in [0.1, 0.15) is 5.56 Å². The van der Waals surface area contributed by atoms with Crippen LogP contribution in [0.15, 0.2) is 82.7 Å². The van der Waals surface area contributed by atoms with E-state index in [-0.39, 0.29) is 21.5 Å². The Kier molecular flexibility index (Phi) is 6.44. The summed E-state index contributed by atoms with van der Waals surface area (Å²) in [7, 11) is 0. The Labute approximate surface area is 195 Å². The van der Waals surface area contributed by atoms with Crippen molar-refractivity contribution in [2.75, 3.05) is 11.1 Å². The van der Waals surface area contributed by atoms with Crippen molar-refractivity contribution in [3.05, 3.63) is 93.7 Å². The molecule has 33 heavy (non-hydrogen) atoms. The molecule has 3 aromatic carbocycles. The van der Waals surface area contributed by atoms with Crippen molar-refractivity contribution in [2.45, 2.75) is 11.3 Å². The lowest BCUT2D eigenvalue weighted by molar-refractivity contribution is -0.137. The molecule has 4 rings (SSSR count). The summed E-state index contributed by atoms with van der Waals surface area (Å²) in [5.74, 6) is -0.952. The minimum absolute atomic E-state index is 0.0954. The van der Waals surface area contributed by atoms with Crippen molar-refractivity contribution in [1.29, 1.82) is 0 Å². The zero-order valence-electron chi connectivity index (χ0n) is 16.8. The molecule has 4 aromatic rings. The number of nitrogens with one attached hydrogen (secondary N) is 1. The van der Waals surface area contributed by atoms with Gasteiger partial charge in [-0.05, 0) is 42.5 Å². The number of nitrogens with zero attached hydrogens (tertiary/aromatic N) is 2. The summed E-state index contributed by atoms with van der Waals surface area (Å²) in [6, 6.07) is 18.7. The average Bonchev–Trinajstić information content (AvgIpc) is 2.79. The van der Waals surface area contributed by atoms with E-state index < -0.39 is 23.3 Å². The maximum Gasteiger partial charge on any atom is 0.418 e. The summed E-state index contributed by atoms with van der Waals surface area (Å²) in [4.78, 5) is 30.2. The second kappa shape index (κ2) is 9.29. The maximum atomic E-state index is 13.3. The number of alkyl halides is 3. The predicted molar refractivity (Wildman–Crippen MR) is 123 cm³/mol. The Morgan fingerprint density at radius 1 is 1.03 bits per heavy atom. The van der Waals surface area contributed by atoms with Crippen LogP contribution >= 0.6 is 23.4 Å². The number of thioether (sulfide) groups is 1. The topological polar surface area (TPSA) is 64.0 Å². The van der Waals surface area contributed by atoms with E-state index in [0.29, 0.717) is 16.6 Å². The number of fused-ring (bicyclic) bond motifs is 1. The highest BCUT2D eigenvalue weighted by Gasteiger charge is 2.34. The number of carbonyl (C=O) groups excluding carboxylic acids is 1. The van der Waals surface area contributed by atoms with E-state index in [1.807, 2.05) is 0 Å². The molecule has 1 amide bonds. The molecule has 1 N–H and O–H groups in total. The Morgan fingerprint density at radius 3 is 2.45 bits per heavy atom. The van der Waals surface area contributed by atoms with Crippen LogP contribution in [0.3, 0.4) is 0 Å². The molecule has 5 nitrogen and oxygen atoms in total. The van der Waals surface area contributed by atoms with Gasteiger partial charge in [0.1, 0.15) is 0 Å². The minimum atomic E-state index is -4.69. The van der Waals surface area contributed by atoms with E-state index in [1.165, 1.54) is 10.6 Å². The molecule has 0 aliphatic rings. The zero-order valence-corrected chi connectivity index (χ0v) is 18.3. The highest BCUT2D eigenvalue weighted by Crippen LogP contribution is 2.36. The number of para-hydroxylation sites is 2. The lowest BCUT2D eigenvalue weighted by Crippen LogP contribution is -2.23. The molecule has 0 fully saturated rings. The van der Waals surface area contributed by atoms with Crippen LogP contribution in [0.4, 0.5) is 18.9 Å². The number of rotatable bonds is 5. The smallest absolute Gasteiger partial charge is 0.325 e. The van der Waals surface area contributed by atoms with E-state index in [9.17, 15) is 22.8 Å². The molecule has 0 aliphatic heterocycles. The standard InChI is InChI=1S/C23H15ClF3N3O2S/c24-14-10-11-19(17(12-14)23(25,26)27)28-20(31)13-33-22-29-18-9-5-4-8-16(18)21(32)30(22)15-6-2-1-3-7-15/h1-12H,13H2,(H,28,31). The fourth-order valence-electron chi connectivity index (χ4n) is 3.19. The molecule has 1 aromatic heterocycles. The van der Waals surface area contributed by atoms with Gasteiger partial charge in [-0.2, -0.15) is 13.2 Å². The fourth-order valence-corrected chi connectivity index (χ4v) is 4.18. The first kappa shape index (κ1) is 22.9. The summed E-state index contributed by atoms with van der Waals surface area (Å²) in [5.41, 5.74) is -0.745. The second-order valence-corrected chi connectivity index (χ2v) is 8.29. The summed E-state index contributed by atoms with van der Waals surface area (Å²) in [6.45, 7) is 0. The summed E-state index contributed by atoms with van der Waals surface area (Å²) < 4.78 is 41.3. The molecule has 168 valence electrons. The highest BCUT2D eigenvalue weighted by atomic mass is 35.5. The van der Waals surface area contributed by atoms with Gasteiger partial charge in [0.2, 0.25) is 5.91 Å². The van der Waals surface area contributed by atoms with Crippen LogP contribution in [0.25, 0.3) is 16.6 Å². The lowest BCUT2D eigenvalue weighted by Gasteiger charge is -2.15. The predicted octanol–water partition coefficient (Wildman–Crippen LogP) is 5.79. The number of aromatic nitrogens is 2. The van der Waals surface area contributed by atoms with Crippen molar-refractivity contribution < 1.29 is 18.0 Å². The van der Waals surface area contributed by atoms with Gasteiger partial charge in [-0.3, -0.25) is 14.2 Å². The van der Waals surface area contributed by atoms with Crippen LogP contribution in [0.2, 0.25) is 5.02 Å².